The van der Waals surface area contributed by atoms with E-state index >= 15 is 0 Å². The van der Waals surface area contributed by atoms with Crippen LogP contribution in [-0.2, 0) is 19.1 Å². The van der Waals surface area contributed by atoms with Gasteiger partial charge in [0.15, 0.2) is 0 Å². The molecule has 6 heteroatoms. The van der Waals surface area contributed by atoms with Crippen LogP contribution in [0.25, 0.3) is 0 Å². The van der Waals surface area contributed by atoms with Crippen LogP contribution in [0.3, 0.4) is 0 Å². The predicted octanol–water partition coefficient (Wildman–Crippen LogP) is 3.53. The zero-order valence-electron chi connectivity index (χ0n) is 15.3. The molecule has 0 saturated carbocycles. The number of carbonyl (C=O) groups is 3. The third kappa shape index (κ3) is 5.80. The Hall–Kier alpha value is -1.59. The van der Waals surface area contributed by atoms with Crippen molar-refractivity contribution >= 4 is 18.5 Å². The van der Waals surface area contributed by atoms with E-state index in [4.69, 9.17) is 9.47 Å². The van der Waals surface area contributed by atoms with Crippen molar-refractivity contribution in [1.82, 2.24) is 4.90 Å². The molecule has 1 heterocycles. The number of rotatable bonds is 11. The Bertz CT molecular complexity index is 424. The lowest BCUT2D eigenvalue weighted by molar-refractivity contribution is -0.134. The van der Waals surface area contributed by atoms with Crippen LogP contribution >= 0.6 is 0 Å². The van der Waals surface area contributed by atoms with Gasteiger partial charge in [0.1, 0.15) is 6.61 Å². The lowest BCUT2D eigenvalue weighted by Gasteiger charge is -2.26. The Labute approximate surface area is 144 Å². The van der Waals surface area contributed by atoms with Gasteiger partial charge >= 0.3 is 6.09 Å². The van der Waals surface area contributed by atoms with Crippen LogP contribution in [-0.4, -0.2) is 42.1 Å². The second-order valence-electron chi connectivity index (χ2n) is 6.91. The van der Waals surface area contributed by atoms with Crippen LogP contribution in [0.4, 0.5) is 4.79 Å². The Kier molecular flexibility index (Phi) is 8.79. The molecule has 0 aliphatic carbocycles. The molecule has 0 aromatic rings. The Morgan fingerprint density at radius 1 is 1.29 bits per heavy atom. The maximum atomic E-state index is 12.8. The topological polar surface area (TPSA) is 72.9 Å². The summed E-state index contributed by atoms with van der Waals surface area (Å²) in [7, 11) is 0. The van der Waals surface area contributed by atoms with E-state index in [2.05, 4.69) is 0 Å². The summed E-state index contributed by atoms with van der Waals surface area (Å²) in [6.07, 6.45) is 4.36. The van der Waals surface area contributed by atoms with E-state index in [0.29, 0.717) is 13.1 Å². The molecule has 0 radical (unpaired) electrons. The van der Waals surface area contributed by atoms with Crippen molar-refractivity contribution < 1.29 is 23.9 Å². The van der Waals surface area contributed by atoms with Gasteiger partial charge in [-0.2, -0.15) is 0 Å². The van der Waals surface area contributed by atoms with E-state index in [0.717, 1.165) is 38.5 Å². The van der Waals surface area contributed by atoms with Gasteiger partial charge in [0.2, 0.25) is 5.91 Å². The molecular weight excluding hydrogens is 310 g/mol. The van der Waals surface area contributed by atoms with Gasteiger partial charge in [0.25, 0.3) is 6.47 Å². The number of carbonyl (C=O) groups excluding carboxylic acids is 3. The zero-order chi connectivity index (χ0) is 18.1. The fraction of sp³-hybridized carbons (Fsp3) is 0.833. The molecule has 6 nitrogen and oxygen atoms in total. The van der Waals surface area contributed by atoms with E-state index in [1.54, 1.807) is 0 Å². The third-order valence-electron chi connectivity index (χ3n) is 4.60. The van der Waals surface area contributed by atoms with Gasteiger partial charge in [-0.3, -0.25) is 9.59 Å². The smallest absolute Gasteiger partial charge is 0.416 e. The average Bonchev–Trinajstić information content (AvgIpc) is 2.92. The lowest BCUT2D eigenvalue weighted by atomic mass is 9.93. The highest BCUT2D eigenvalue weighted by atomic mass is 16.6. The highest BCUT2D eigenvalue weighted by Crippen LogP contribution is 2.26. The number of hydrogen-bond acceptors (Lipinski definition) is 5. The number of imide groups is 1. The van der Waals surface area contributed by atoms with Crippen molar-refractivity contribution in [2.24, 2.45) is 11.8 Å². The summed E-state index contributed by atoms with van der Waals surface area (Å²) in [5.41, 5.74) is 0. The Morgan fingerprint density at radius 2 is 1.96 bits per heavy atom. The van der Waals surface area contributed by atoms with E-state index in [9.17, 15) is 14.4 Å². The molecule has 1 saturated heterocycles. The summed E-state index contributed by atoms with van der Waals surface area (Å²) in [5.74, 6) is -0.0662. The first-order chi connectivity index (χ1) is 11.4. The van der Waals surface area contributed by atoms with Crippen LogP contribution in [0.2, 0.25) is 0 Å². The molecular formula is C18H31NO5. The molecule has 0 spiro atoms. The molecule has 3 atom stereocenters. The van der Waals surface area contributed by atoms with Gasteiger partial charge in [-0.15, -0.1) is 0 Å². The number of hydrogen-bond donors (Lipinski definition) is 0. The number of nitrogens with zero attached hydrogens (tertiary/aromatic N) is 1. The molecule has 1 aliphatic rings. The molecule has 1 aliphatic heterocycles. The van der Waals surface area contributed by atoms with Crippen molar-refractivity contribution in [3.05, 3.63) is 0 Å². The van der Waals surface area contributed by atoms with Gasteiger partial charge < -0.3 is 9.47 Å². The van der Waals surface area contributed by atoms with Crippen molar-refractivity contribution in [3.8, 4) is 0 Å². The van der Waals surface area contributed by atoms with E-state index < -0.39 is 6.09 Å². The predicted molar refractivity (Wildman–Crippen MR) is 90.3 cm³/mol. The quantitative estimate of drug-likeness (QED) is 0.424. The molecule has 0 bridgehead atoms. The monoisotopic (exact) mass is 341 g/mol. The van der Waals surface area contributed by atoms with Crippen LogP contribution in [0.15, 0.2) is 0 Å². The van der Waals surface area contributed by atoms with Gasteiger partial charge in [0, 0.05) is 5.92 Å². The van der Waals surface area contributed by atoms with Crippen molar-refractivity contribution in [2.75, 3.05) is 6.61 Å². The molecule has 0 aromatic heterocycles. The lowest BCUT2D eigenvalue weighted by Crippen LogP contribution is -2.44. The van der Waals surface area contributed by atoms with E-state index in [-0.39, 0.29) is 29.9 Å². The van der Waals surface area contributed by atoms with Crippen LogP contribution in [0.5, 0.6) is 0 Å². The first-order valence-corrected chi connectivity index (χ1v) is 9.01. The summed E-state index contributed by atoms with van der Waals surface area (Å²) in [4.78, 5) is 36.4. The molecule has 0 unspecified atom stereocenters. The van der Waals surface area contributed by atoms with Crippen LogP contribution in [0, 0.1) is 11.8 Å². The molecule has 24 heavy (non-hydrogen) atoms. The van der Waals surface area contributed by atoms with E-state index in [1.165, 1.54) is 4.90 Å². The SMILES string of the molecule is CCC[C@H](CCCC[C@@H](C)OC=O)C(=O)N1C(=O)OC[C@H]1C(C)C. The minimum Gasteiger partial charge on any atom is -0.465 e. The van der Waals surface area contributed by atoms with Gasteiger partial charge in [-0.25, -0.2) is 9.69 Å². The van der Waals surface area contributed by atoms with E-state index in [1.807, 2.05) is 27.7 Å². The Balaban J connectivity index is 2.58. The fourth-order valence-corrected chi connectivity index (χ4v) is 3.10. The summed E-state index contributed by atoms with van der Waals surface area (Å²) in [6, 6.07) is -0.162. The summed E-state index contributed by atoms with van der Waals surface area (Å²) < 4.78 is 9.95. The standard InChI is InChI=1S/C18H31NO5/c1-5-8-15(10-7-6-9-14(4)24-12-20)17(21)19-16(13(2)3)11-23-18(19)22/h12-16H,5-11H2,1-4H3/t14-,15-,16+/m1/s1. The van der Waals surface area contributed by atoms with Gasteiger partial charge in [-0.05, 0) is 38.5 Å². The van der Waals surface area contributed by atoms with Crippen LogP contribution < -0.4 is 0 Å². The Morgan fingerprint density at radius 3 is 2.54 bits per heavy atom. The molecule has 0 N–H and O–H groups in total. The summed E-state index contributed by atoms with van der Waals surface area (Å²) >= 11 is 0. The normalized spacial score (nSPS) is 20.0. The highest BCUT2D eigenvalue weighted by Gasteiger charge is 2.41. The second kappa shape index (κ2) is 10.3. The highest BCUT2D eigenvalue weighted by molar-refractivity contribution is 5.94. The molecule has 2 amide bonds. The second-order valence-corrected chi connectivity index (χ2v) is 6.91. The number of ether oxygens (including phenoxy) is 2. The maximum Gasteiger partial charge on any atom is 0.416 e. The third-order valence-corrected chi connectivity index (χ3v) is 4.60. The summed E-state index contributed by atoms with van der Waals surface area (Å²) in [5, 5.41) is 0. The first kappa shape index (κ1) is 20.5. The van der Waals surface area contributed by atoms with Crippen molar-refractivity contribution in [2.45, 2.75) is 78.4 Å². The minimum absolute atomic E-state index is 0.0956. The molecule has 1 rings (SSSR count). The molecule has 1 fully saturated rings. The van der Waals surface area contributed by atoms with Crippen molar-refractivity contribution in [1.29, 1.82) is 0 Å². The maximum absolute atomic E-state index is 12.8. The average molecular weight is 341 g/mol. The minimum atomic E-state index is -0.507. The van der Waals surface area contributed by atoms with Gasteiger partial charge in [-0.1, -0.05) is 33.6 Å². The fourth-order valence-electron chi connectivity index (χ4n) is 3.10. The van der Waals surface area contributed by atoms with Crippen LogP contribution in [0.1, 0.15) is 66.2 Å². The van der Waals surface area contributed by atoms with Gasteiger partial charge in [0.05, 0.1) is 12.1 Å². The zero-order valence-corrected chi connectivity index (χ0v) is 15.3. The largest absolute Gasteiger partial charge is 0.465 e. The first-order valence-electron chi connectivity index (χ1n) is 9.01. The number of amides is 2. The molecule has 0 aromatic carbocycles. The summed E-state index contributed by atoms with van der Waals surface area (Å²) in [6.45, 7) is 8.66. The number of unbranched alkanes of at least 4 members (excludes halogenated alkanes) is 1. The number of cyclic esters (lactones) is 1. The van der Waals surface area contributed by atoms with Crippen molar-refractivity contribution in [3.63, 3.8) is 0 Å². The molecule has 138 valence electrons.